The molecular formula is C9H16F3N3S. The van der Waals surface area contributed by atoms with Gasteiger partial charge in [0.2, 0.25) is 0 Å². The third-order valence-electron chi connectivity index (χ3n) is 2.27. The third kappa shape index (κ3) is 4.96. The monoisotopic (exact) mass is 255 g/mol. The Morgan fingerprint density at radius 2 is 2.00 bits per heavy atom. The van der Waals surface area contributed by atoms with Gasteiger partial charge in [-0.05, 0) is 24.6 Å². The summed E-state index contributed by atoms with van der Waals surface area (Å²) >= 11 is -0.00743. The van der Waals surface area contributed by atoms with Crippen molar-refractivity contribution in [1.29, 1.82) is 0 Å². The molecule has 1 N–H and O–H groups in total. The molecule has 0 aliphatic carbocycles. The first-order valence-corrected chi connectivity index (χ1v) is 6.18. The molecule has 0 spiro atoms. The van der Waals surface area contributed by atoms with Crippen molar-refractivity contribution in [2.75, 3.05) is 32.4 Å². The lowest BCUT2D eigenvalue weighted by Gasteiger charge is -2.20. The molecule has 0 saturated carbocycles. The van der Waals surface area contributed by atoms with Gasteiger partial charge in [0.05, 0.1) is 0 Å². The Labute approximate surface area is 97.5 Å². The van der Waals surface area contributed by atoms with Crippen LogP contribution in [0.5, 0.6) is 0 Å². The molecule has 1 aliphatic heterocycles. The van der Waals surface area contributed by atoms with E-state index in [0.29, 0.717) is 5.96 Å². The average molecular weight is 255 g/mol. The molecule has 1 rings (SSSR count). The molecule has 0 bridgehead atoms. The smallest absolute Gasteiger partial charge is 0.355 e. The zero-order chi connectivity index (χ0) is 12.0. The molecule has 0 unspecified atom stereocenters. The number of nitrogens with zero attached hydrogens (tertiary/aromatic N) is 2. The first-order chi connectivity index (χ1) is 7.53. The first-order valence-electron chi connectivity index (χ1n) is 5.19. The van der Waals surface area contributed by atoms with Crippen LogP contribution < -0.4 is 5.32 Å². The van der Waals surface area contributed by atoms with Crippen LogP contribution in [0.15, 0.2) is 4.99 Å². The van der Waals surface area contributed by atoms with Gasteiger partial charge >= 0.3 is 5.51 Å². The third-order valence-corrected chi connectivity index (χ3v) is 3.00. The Balaban J connectivity index is 2.20. The number of aliphatic imine (C=N–C) groups is 1. The number of likely N-dealkylation sites (tertiary alicyclic amines) is 1. The van der Waals surface area contributed by atoms with E-state index in [1.807, 2.05) is 0 Å². The van der Waals surface area contributed by atoms with Crippen molar-refractivity contribution < 1.29 is 13.2 Å². The lowest BCUT2D eigenvalue weighted by molar-refractivity contribution is -0.0327. The molecular weight excluding hydrogens is 239 g/mol. The van der Waals surface area contributed by atoms with Gasteiger partial charge in [-0.2, -0.15) is 13.2 Å². The molecule has 0 aromatic carbocycles. The number of hydrogen-bond acceptors (Lipinski definition) is 2. The highest BCUT2D eigenvalue weighted by molar-refractivity contribution is 8.00. The summed E-state index contributed by atoms with van der Waals surface area (Å²) in [5.41, 5.74) is -4.14. The minimum Gasteiger partial charge on any atom is -0.355 e. The van der Waals surface area contributed by atoms with Crippen LogP contribution in [0.1, 0.15) is 12.8 Å². The quantitative estimate of drug-likeness (QED) is 0.474. The van der Waals surface area contributed by atoms with Gasteiger partial charge in [-0.3, -0.25) is 4.99 Å². The fraction of sp³-hybridized carbons (Fsp3) is 0.889. The topological polar surface area (TPSA) is 27.6 Å². The minimum absolute atomic E-state index is 0.00743. The number of rotatable bonds is 3. The molecule has 1 heterocycles. The Hall–Kier alpha value is -0.590. The molecule has 3 nitrogen and oxygen atoms in total. The van der Waals surface area contributed by atoms with E-state index in [4.69, 9.17) is 0 Å². The van der Waals surface area contributed by atoms with E-state index in [2.05, 4.69) is 15.2 Å². The standard InChI is InChI=1S/C9H16F3N3S/c1-13-8(15-5-2-3-6-15)14-4-7-16-9(10,11)12/h2-7H2,1H3,(H,13,14). The Bertz CT molecular complexity index is 237. The molecule has 0 amide bonds. The molecule has 16 heavy (non-hydrogen) atoms. The molecule has 94 valence electrons. The molecule has 1 saturated heterocycles. The Kier molecular flexibility index (Phi) is 5.24. The van der Waals surface area contributed by atoms with Crippen LogP contribution in [0.25, 0.3) is 0 Å². The van der Waals surface area contributed by atoms with Gasteiger partial charge in [0.25, 0.3) is 0 Å². The first kappa shape index (κ1) is 13.5. The van der Waals surface area contributed by atoms with Gasteiger partial charge in [-0.1, -0.05) is 0 Å². The van der Waals surface area contributed by atoms with Crippen LogP contribution in [0.2, 0.25) is 0 Å². The number of halogens is 3. The van der Waals surface area contributed by atoms with E-state index in [9.17, 15) is 13.2 Å². The van der Waals surface area contributed by atoms with Gasteiger partial charge in [-0.15, -0.1) is 0 Å². The van der Waals surface area contributed by atoms with Crippen LogP contribution in [0.4, 0.5) is 13.2 Å². The summed E-state index contributed by atoms with van der Waals surface area (Å²) in [6.07, 6.45) is 2.25. The zero-order valence-corrected chi connectivity index (χ0v) is 10.00. The number of thioether (sulfide) groups is 1. The highest BCUT2D eigenvalue weighted by atomic mass is 32.2. The second-order valence-corrected chi connectivity index (χ2v) is 4.62. The summed E-state index contributed by atoms with van der Waals surface area (Å²) in [5.74, 6) is 0.719. The van der Waals surface area contributed by atoms with Crippen molar-refractivity contribution in [2.24, 2.45) is 4.99 Å². The molecule has 1 aliphatic rings. The summed E-state index contributed by atoms with van der Waals surface area (Å²) in [6, 6.07) is 0. The lowest BCUT2D eigenvalue weighted by atomic mass is 10.4. The highest BCUT2D eigenvalue weighted by Gasteiger charge is 2.27. The van der Waals surface area contributed by atoms with Crippen LogP contribution in [-0.2, 0) is 0 Å². The summed E-state index contributed by atoms with van der Waals surface area (Å²) in [4.78, 5) is 6.11. The van der Waals surface area contributed by atoms with Gasteiger partial charge in [0.1, 0.15) is 0 Å². The molecule has 1 fully saturated rings. The number of hydrogen-bond donors (Lipinski definition) is 1. The Morgan fingerprint density at radius 3 is 2.50 bits per heavy atom. The highest BCUT2D eigenvalue weighted by Crippen LogP contribution is 2.29. The summed E-state index contributed by atoms with van der Waals surface area (Å²) in [5, 5.41) is 2.94. The normalized spacial score (nSPS) is 18.0. The van der Waals surface area contributed by atoms with Crippen molar-refractivity contribution in [2.45, 2.75) is 18.3 Å². The SMILES string of the molecule is CN=C(NCCSC(F)(F)F)N1CCCC1. The summed E-state index contributed by atoms with van der Waals surface area (Å²) < 4.78 is 35.6. The second-order valence-electron chi connectivity index (χ2n) is 3.46. The maximum absolute atomic E-state index is 11.9. The molecule has 0 aromatic heterocycles. The van der Waals surface area contributed by atoms with Crippen LogP contribution in [-0.4, -0.2) is 48.8 Å². The largest absolute Gasteiger partial charge is 0.441 e. The molecule has 0 aromatic rings. The zero-order valence-electron chi connectivity index (χ0n) is 9.18. The van der Waals surface area contributed by atoms with Crippen molar-refractivity contribution in [3.05, 3.63) is 0 Å². The van der Waals surface area contributed by atoms with Crippen molar-refractivity contribution >= 4 is 17.7 Å². The van der Waals surface area contributed by atoms with E-state index in [-0.39, 0.29) is 24.1 Å². The lowest BCUT2D eigenvalue weighted by Crippen LogP contribution is -2.40. The fourth-order valence-electron chi connectivity index (χ4n) is 1.59. The van der Waals surface area contributed by atoms with Gasteiger partial charge in [0.15, 0.2) is 5.96 Å². The van der Waals surface area contributed by atoms with Crippen LogP contribution >= 0.6 is 11.8 Å². The van der Waals surface area contributed by atoms with Crippen molar-refractivity contribution in [3.8, 4) is 0 Å². The molecule has 0 radical (unpaired) electrons. The number of nitrogens with one attached hydrogen (secondary N) is 1. The predicted octanol–water partition coefficient (Wildman–Crippen LogP) is 1.91. The second kappa shape index (κ2) is 6.22. The Morgan fingerprint density at radius 1 is 1.38 bits per heavy atom. The number of guanidine groups is 1. The van der Waals surface area contributed by atoms with E-state index in [1.54, 1.807) is 7.05 Å². The van der Waals surface area contributed by atoms with Crippen LogP contribution in [0, 0.1) is 0 Å². The van der Waals surface area contributed by atoms with E-state index in [1.165, 1.54) is 0 Å². The van der Waals surface area contributed by atoms with Gasteiger partial charge < -0.3 is 10.2 Å². The van der Waals surface area contributed by atoms with E-state index < -0.39 is 5.51 Å². The maximum atomic E-state index is 11.9. The number of alkyl halides is 3. The molecule has 7 heteroatoms. The minimum atomic E-state index is -4.14. The summed E-state index contributed by atoms with van der Waals surface area (Å²) in [6.45, 7) is 2.16. The predicted molar refractivity (Wildman–Crippen MR) is 60.7 cm³/mol. The summed E-state index contributed by atoms with van der Waals surface area (Å²) in [7, 11) is 1.65. The van der Waals surface area contributed by atoms with E-state index in [0.717, 1.165) is 25.9 Å². The van der Waals surface area contributed by atoms with Crippen molar-refractivity contribution in [3.63, 3.8) is 0 Å². The van der Waals surface area contributed by atoms with Crippen LogP contribution in [0.3, 0.4) is 0 Å². The van der Waals surface area contributed by atoms with Crippen molar-refractivity contribution in [1.82, 2.24) is 10.2 Å². The van der Waals surface area contributed by atoms with Gasteiger partial charge in [-0.25, -0.2) is 0 Å². The fourth-order valence-corrected chi connectivity index (χ4v) is 2.03. The van der Waals surface area contributed by atoms with E-state index >= 15 is 0 Å². The van der Waals surface area contributed by atoms with Gasteiger partial charge in [0, 0.05) is 32.4 Å². The maximum Gasteiger partial charge on any atom is 0.441 e. The average Bonchev–Trinajstić information content (AvgIpc) is 2.69. The molecule has 0 atom stereocenters.